The molecular formula is C7H13N3. The summed E-state index contributed by atoms with van der Waals surface area (Å²) in [4.78, 5) is 0. The van der Waals surface area contributed by atoms with Crippen molar-refractivity contribution in [3.05, 3.63) is 11.8 Å². The summed E-state index contributed by atoms with van der Waals surface area (Å²) < 4.78 is 0. The normalized spacial score (nSPS) is 25.2. The van der Waals surface area contributed by atoms with Crippen molar-refractivity contribution < 1.29 is 0 Å². The molecule has 1 aliphatic heterocycles. The average molecular weight is 139 g/mol. The van der Waals surface area contributed by atoms with Crippen LogP contribution in [0, 0.1) is 5.41 Å². The first-order valence-electron chi connectivity index (χ1n) is 3.39. The molecule has 0 amide bonds. The van der Waals surface area contributed by atoms with E-state index in [0.717, 1.165) is 5.70 Å². The number of hydrogen-bond donors (Lipinski definition) is 1. The lowest BCUT2D eigenvalue weighted by Gasteiger charge is -2.15. The van der Waals surface area contributed by atoms with Gasteiger partial charge in [0.1, 0.15) is 6.17 Å². The number of rotatable bonds is 0. The fourth-order valence-corrected chi connectivity index (χ4v) is 0.757. The largest absolute Gasteiger partial charge is 0.305 e. The molecule has 0 radical (unpaired) electrons. The minimum Gasteiger partial charge on any atom is -0.305 e. The summed E-state index contributed by atoms with van der Waals surface area (Å²) in [5.74, 6) is 0. The van der Waals surface area contributed by atoms with Crippen molar-refractivity contribution in [2.24, 2.45) is 21.4 Å². The first-order chi connectivity index (χ1) is 4.50. The van der Waals surface area contributed by atoms with Gasteiger partial charge in [-0.15, -0.1) is 0 Å². The highest BCUT2D eigenvalue weighted by atomic mass is 15.2. The quantitative estimate of drug-likeness (QED) is 0.545. The van der Waals surface area contributed by atoms with Crippen molar-refractivity contribution in [3.63, 3.8) is 0 Å². The molecule has 56 valence electrons. The average Bonchev–Trinajstić information content (AvgIpc) is 2.11. The predicted molar refractivity (Wildman–Crippen MR) is 40.4 cm³/mol. The Morgan fingerprint density at radius 1 is 1.50 bits per heavy atom. The minimum atomic E-state index is -0.214. The first kappa shape index (κ1) is 7.41. The molecule has 0 saturated carbocycles. The summed E-state index contributed by atoms with van der Waals surface area (Å²) in [5.41, 5.74) is 6.55. The number of allylic oxidation sites excluding steroid dienone is 1. The standard InChI is InChI=1S/C7H13N3/c1-7(2,3)5-4-6(8)10-9-5/h4,6H,8H2,1-3H3/t6-/m1/s1. The summed E-state index contributed by atoms with van der Waals surface area (Å²) in [6.45, 7) is 6.28. The Bertz CT molecular complexity index is 186. The van der Waals surface area contributed by atoms with Crippen LogP contribution in [0.3, 0.4) is 0 Å². The topological polar surface area (TPSA) is 50.7 Å². The van der Waals surface area contributed by atoms with Crippen molar-refractivity contribution in [1.82, 2.24) is 0 Å². The molecule has 0 unspecified atom stereocenters. The lowest BCUT2D eigenvalue weighted by molar-refractivity contribution is 0.497. The van der Waals surface area contributed by atoms with E-state index in [0.29, 0.717) is 0 Å². The number of azo groups is 1. The second-order valence-corrected chi connectivity index (χ2v) is 3.51. The van der Waals surface area contributed by atoms with Crippen LogP contribution in [0.1, 0.15) is 20.8 Å². The molecule has 1 heterocycles. The zero-order valence-corrected chi connectivity index (χ0v) is 6.63. The van der Waals surface area contributed by atoms with E-state index in [2.05, 4.69) is 31.0 Å². The van der Waals surface area contributed by atoms with Crippen LogP contribution in [0.4, 0.5) is 0 Å². The molecular weight excluding hydrogens is 126 g/mol. The van der Waals surface area contributed by atoms with Gasteiger partial charge in [0.05, 0.1) is 5.70 Å². The van der Waals surface area contributed by atoms with Gasteiger partial charge in [-0.3, -0.25) is 0 Å². The molecule has 0 bridgehead atoms. The smallest absolute Gasteiger partial charge is 0.139 e. The maximum absolute atomic E-state index is 5.48. The fraction of sp³-hybridized carbons (Fsp3) is 0.714. The summed E-state index contributed by atoms with van der Waals surface area (Å²) in [7, 11) is 0. The molecule has 0 aromatic carbocycles. The molecule has 3 nitrogen and oxygen atoms in total. The number of hydrogen-bond acceptors (Lipinski definition) is 3. The van der Waals surface area contributed by atoms with Crippen molar-refractivity contribution in [2.75, 3.05) is 0 Å². The van der Waals surface area contributed by atoms with Crippen LogP contribution >= 0.6 is 0 Å². The Balaban J connectivity index is 2.78. The molecule has 1 rings (SSSR count). The zero-order valence-electron chi connectivity index (χ0n) is 6.63. The number of nitrogens with two attached hydrogens (primary N) is 1. The molecule has 10 heavy (non-hydrogen) atoms. The van der Waals surface area contributed by atoms with Crippen molar-refractivity contribution in [3.8, 4) is 0 Å². The Morgan fingerprint density at radius 3 is 2.30 bits per heavy atom. The Hall–Kier alpha value is -0.700. The van der Waals surface area contributed by atoms with Crippen LogP contribution in [0.5, 0.6) is 0 Å². The Morgan fingerprint density at radius 2 is 2.10 bits per heavy atom. The van der Waals surface area contributed by atoms with Gasteiger partial charge in [-0.2, -0.15) is 10.2 Å². The molecule has 0 fully saturated rings. The highest BCUT2D eigenvalue weighted by Gasteiger charge is 2.20. The van der Waals surface area contributed by atoms with E-state index in [1.54, 1.807) is 0 Å². The van der Waals surface area contributed by atoms with Crippen LogP contribution in [0.2, 0.25) is 0 Å². The maximum Gasteiger partial charge on any atom is 0.139 e. The van der Waals surface area contributed by atoms with E-state index >= 15 is 0 Å². The molecule has 1 aliphatic rings. The van der Waals surface area contributed by atoms with E-state index < -0.39 is 0 Å². The minimum absolute atomic E-state index is 0.0810. The summed E-state index contributed by atoms with van der Waals surface area (Å²) in [6.07, 6.45) is 1.68. The molecule has 0 aromatic heterocycles. The third-order valence-electron chi connectivity index (χ3n) is 1.40. The van der Waals surface area contributed by atoms with Gasteiger partial charge >= 0.3 is 0 Å². The van der Waals surface area contributed by atoms with Crippen molar-refractivity contribution >= 4 is 0 Å². The molecule has 3 heteroatoms. The maximum atomic E-state index is 5.48. The Labute approximate surface area is 61.0 Å². The van der Waals surface area contributed by atoms with E-state index in [-0.39, 0.29) is 11.6 Å². The van der Waals surface area contributed by atoms with E-state index in [1.807, 2.05) is 6.08 Å². The molecule has 0 aromatic rings. The van der Waals surface area contributed by atoms with Gasteiger partial charge in [-0.1, -0.05) is 20.8 Å². The lowest BCUT2D eigenvalue weighted by Crippen LogP contribution is -2.12. The van der Waals surface area contributed by atoms with Crippen LogP contribution in [-0.2, 0) is 0 Å². The highest BCUT2D eigenvalue weighted by Crippen LogP contribution is 2.29. The molecule has 1 atom stereocenters. The SMILES string of the molecule is CC(C)(C)C1=C[C@H](N)N=N1. The van der Waals surface area contributed by atoms with Crippen LogP contribution in [-0.4, -0.2) is 6.17 Å². The second kappa shape index (κ2) is 2.16. The molecule has 0 aliphatic carbocycles. The fourth-order valence-electron chi connectivity index (χ4n) is 0.757. The van der Waals surface area contributed by atoms with Crippen LogP contribution in [0.25, 0.3) is 0 Å². The second-order valence-electron chi connectivity index (χ2n) is 3.51. The molecule has 0 saturated heterocycles. The van der Waals surface area contributed by atoms with Crippen LogP contribution < -0.4 is 5.73 Å². The third kappa shape index (κ3) is 1.42. The monoisotopic (exact) mass is 139 g/mol. The van der Waals surface area contributed by atoms with Gasteiger partial charge in [-0.05, 0) is 6.08 Å². The van der Waals surface area contributed by atoms with Crippen molar-refractivity contribution in [2.45, 2.75) is 26.9 Å². The summed E-state index contributed by atoms with van der Waals surface area (Å²) >= 11 is 0. The van der Waals surface area contributed by atoms with Gasteiger partial charge < -0.3 is 5.73 Å². The number of nitrogens with zero attached hydrogens (tertiary/aromatic N) is 2. The predicted octanol–water partition coefficient (Wildman–Crippen LogP) is 1.67. The van der Waals surface area contributed by atoms with Crippen LogP contribution in [0.15, 0.2) is 22.0 Å². The summed E-state index contributed by atoms with van der Waals surface area (Å²) in [5, 5.41) is 7.74. The lowest BCUT2D eigenvalue weighted by atomic mass is 9.92. The van der Waals surface area contributed by atoms with Gasteiger partial charge in [0, 0.05) is 5.41 Å². The molecule has 0 spiro atoms. The van der Waals surface area contributed by atoms with E-state index in [1.165, 1.54) is 0 Å². The zero-order chi connectivity index (χ0) is 7.78. The van der Waals surface area contributed by atoms with Crippen molar-refractivity contribution in [1.29, 1.82) is 0 Å². The van der Waals surface area contributed by atoms with Gasteiger partial charge in [0.2, 0.25) is 0 Å². The summed E-state index contributed by atoms with van der Waals surface area (Å²) in [6, 6.07) is 0. The third-order valence-corrected chi connectivity index (χ3v) is 1.40. The van der Waals surface area contributed by atoms with Gasteiger partial charge in [-0.25, -0.2) is 0 Å². The highest BCUT2D eigenvalue weighted by molar-refractivity contribution is 5.14. The Kier molecular flexibility index (Phi) is 1.60. The first-order valence-corrected chi connectivity index (χ1v) is 3.39. The molecule has 2 N–H and O–H groups in total. The van der Waals surface area contributed by atoms with Gasteiger partial charge in [0.25, 0.3) is 0 Å². The van der Waals surface area contributed by atoms with Gasteiger partial charge in [0.15, 0.2) is 0 Å². The van der Waals surface area contributed by atoms with E-state index in [4.69, 9.17) is 5.73 Å². The van der Waals surface area contributed by atoms with E-state index in [9.17, 15) is 0 Å².